The van der Waals surface area contributed by atoms with E-state index in [1.165, 1.54) is 12.8 Å². The number of nitriles is 1. The smallest absolute Gasteiger partial charge is 0.0672 e. The number of aliphatic hydroxyl groups excluding tert-OH is 1. The van der Waals surface area contributed by atoms with E-state index in [0.29, 0.717) is 6.04 Å². The van der Waals surface area contributed by atoms with Crippen LogP contribution in [0.25, 0.3) is 0 Å². The van der Waals surface area contributed by atoms with Crippen molar-refractivity contribution >= 4 is 0 Å². The molecule has 2 aliphatic carbocycles. The van der Waals surface area contributed by atoms with Gasteiger partial charge in [-0.2, -0.15) is 5.26 Å². The van der Waals surface area contributed by atoms with E-state index in [9.17, 15) is 5.11 Å². The zero-order valence-corrected chi connectivity index (χ0v) is 10.8. The van der Waals surface area contributed by atoms with Gasteiger partial charge in [-0.1, -0.05) is 13.3 Å². The highest BCUT2D eigenvalue weighted by Crippen LogP contribution is 2.35. The molecule has 0 aromatic heterocycles. The molecule has 96 valence electrons. The molecule has 0 radical (unpaired) electrons. The molecule has 0 spiro atoms. The highest BCUT2D eigenvalue weighted by atomic mass is 16.3. The van der Waals surface area contributed by atoms with Crippen LogP contribution in [-0.2, 0) is 0 Å². The van der Waals surface area contributed by atoms with Gasteiger partial charge in [0, 0.05) is 11.6 Å². The second-order valence-electron chi connectivity index (χ2n) is 6.04. The van der Waals surface area contributed by atoms with Crippen LogP contribution in [0.1, 0.15) is 51.9 Å². The Hall–Kier alpha value is -0.590. The van der Waals surface area contributed by atoms with E-state index in [0.717, 1.165) is 38.0 Å². The fourth-order valence-electron chi connectivity index (χ4n) is 3.34. The van der Waals surface area contributed by atoms with E-state index in [1.807, 2.05) is 0 Å². The van der Waals surface area contributed by atoms with Crippen molar-refractivity contribution in [1.82, 2.24) is 5.32 Å². The summed E-state index contributed by atoms with van der Waals surface area (Å²) in [7, 11) is 0. The summed E-state index contributed by atoms with van der Waals surface area (Å²) in [6.45, 7) is 2.50. The minimum absolute atomic E-state index is 0.101. The minimum atomic E-state index is -0.101. The lowest BCUT2D eigenvalue weighted by atomic mass is 9.77. The zero-order chi connectivity index (χ0) is 12.3. The Morgan fingerprint density at radius 1 is 1.29 bits per heavy atom. The first-order chi connectivity index (χ1) is 8.19. The Morgan fingerprint density at radius 3 is 2.59 bits per heavy atom. The van der Waals surface area contributed by atoms with Crippen LogP contribution in [0.5, 0.6) is 0 Å². The number of rotatable bonds is 3. The van der Waals surface area contributed by atoms with Gasteiger partial charge >= 0.3 is 0 Å². The SMILES string of the molecule is CC1CCC(CO)(NC2CCCC2C#N)CC1. The van der Waals surface area contributed by atoms with Gasteiger partial charge in [-0.15, -0.1) is 0 Å². The first-order valence-corrected chi connectivity index (χ1v) is 6.97. The summed E-state index contributed by atoms with van der Waals surface area (Å²) in [5, 5.41) is 22.4. The van der Waals surface area contributed by atoms with Gasteiger partial charge < -0.3 is 10.4 Å². The Labute approximate surface area is 104 Å². The van der Waals surface area contributed by atoms with Crippen LogP contribution in [0, 0.1) is 23.2 Å². The molecular weight excluding hydrogens is 212 g/mol. The normalized spacial score (nSPS) is 42.3. The van der Waals surface area contributed by atoms with E-state index < -0.39 is 0 Å². The van der Waals surface area contributed by atoms with Crippen molar-refractivity contribution in [2.75, 3.05) is 6.61 Å². The van der Waals surface area contributed by atoms with Gasteiger partial charge in [-0.05, 0) is 44.4 Å². The van der Waals surface area contributed by atoms with Gasteiger partial charge in [0.15, 0.2) is 0 Å². The van der Waals surface area contributed by atoms with Crippen LogP contribution in [0.15, 0.2) is 0 Å². The average molecular weight is 236 g/mol. The molecule has 2 N–H and O–H groups in total. The summed E-state index contributed by atoms with van der Waals surface area (Å²) in [5.74, 6) is 0.935. The summed E-state index contributed by atoms with van der Waals surface area (Å²) < 4.78 is 0. The number of hydrogen-bond donors (Lipinski definition) is 2. The summed E-state index contributed by atoms with van der Waals surface area (Å²) in [5.41, 5.74) is -0.101. The standard InChI is InChI=1S/C14H24N2O/c1-11-5-7-14(10-17,8-6-11)16-13-4-2-3-12(13)9-15/h11-13,16-17H,2-8,10H2,1H3. The fraction of sp³-hybridized carbons (Fsp3) is 0.929. The van der Waals surface area contributed by atoms with Crippen LogP contribution in [0.3, 0.4) is 0 Å². The fourth-order valence-corrected chi connectivity index (χ4v) is 3.34. The monoisotopic (exact) mass is 236 g/mol. The first-order valence-electron chi connectivity index (χ1n) is 6.97. The minimum Gasteiger partial charge on any atom is -0.394 e. The molecule has 2 aliphatic rings. The van der Waals surface area contributed by atoms with Gasteiger partial charge in [0.25, 0.3) is 0 Å². The molecule has 2 rings (SSSR count). The number of hydrogen-bond acceptors (Lipinski definition) is 3. The van der Waals surface area contributed by atoms with Crippen molar-refractivity contribution < 1.29 is 5.11 Å². The average Bonchev–Trinajstić information content (AvgIpc) is 2.79. The molecule has 0 aromatic rings. The maximum atomic E-state index is 9.70. The van der Waals surface area contributed by atoms with Gasteiger partial charge in [0.1, 0.15) is 0 Å². The molecule has 2 fully saturated rings. The maximum absolute atomic E-state index is 9.70. The van der Waals surface area contributed by atoms with E-state index in [1.54, 1.807) is 0 Å². The third-order valence-electron chi connectivity index (χ3n) is 4.71. The van der Waals surface area contributed by atoms with Crippen molar-refractivity contribution in [2.45, 2.75) is 63.5 Å². The lowest BCUT2D eigenvalue weighted by Gasteiger charge is -2.41. The lowest BCUT2D eigenvalue weighted by molar-refractivity contribution is 0.0912. The van der Waals surface area contributed by atoms with Crippen molar-refractivity contribution in [3.8, 4) is 6.07 Å². The van der Waals surface area contributed by atoms with E-state index in [-0.39, 0.29) is 18.1 Å². The predicted molar refractivity (Wildman–Crippen MR) is 67.3 cm³/mol. The van der Waals surface area contributed by atoms with Crippen LogP contribution < -0.4 is 5.32 Å². The largest absolute Gasteiger partial charge is 0.394 e. The van der Waals surface area contributed by atoms with Crippen LogP contribution >= 0.6 is 0 Å². The molecular formula is C14H24N2O. The van der Waals surface area contributed by atoms with Gasteiger partial charge in [0.2, 0.25) is 0 Å². The number of nitrogens with zero attached hydrogens (tertiary/aromatic N) is 1. The van der Waals surface area contributed by atoms with Crippen molar-refractivity contribution in [3.63, 3.8) is 0 Å². The highest BCUT2D eigenvalue weighted by molar-refractivity contribution is 5.02. The van der Waals surface area contributed by atoms with Crippen molar-refractivity contribution in [1.29, 1.82) is 5.26 Å². The first kappa shape index (κ1) is 12.9. The quantitative estimate of drug-likeness (QED) is 0.790. The van der Waals surface area contributed by atoms with Crippen molar-refractivity contribution in [3.05, 3.63) is 0 Å². The molecule has 2 unspecified atom stereocenters. The van der Waals surface area contributed by atoms with Crippen LogP contribution in [0.2, 0.25) is 0 Å². The highest BCUT2D eigenvalue weighted by Gasteiger charge is 2.38. The second-order valence-corrected chi connectivity index (χ2v) is 6.04. The summed E-state index contributed by atoms with van der Waals surface area (Å²) in [6.07, 6.45) is 7.75. The van der Waals surface area contributed by atoms with E-state index >= 15 is 0 Å². The molecule has 3 nitrogen and oxygen atoms in total. The zero-order valence-electron chi connectivity index (χ0n) is 10.8. The van der Waals surface area contributed by atoms with Gasteiger partial charge in [-0.3, -0.25) is 0 Å². The summed E-state index contributed by atoms with van der Waals surface area (Å²) >= 11 is 0. The number of nitrogens with one attached hydrogen (secondary N) is 1. The predicted octanol–water partition coefficient (Wildman–Crippen LogP) is 2.21. The molecule has 0 aliphatic heterocycles. The number of aliphatic hydroxyl groups is 1. The summed E-state index contributed by atoms with van der Waals surface area (Å²) in [4.78, 5) is 0. The molecule has 2 atom stereocenters. The topological polar surface area (TPSA) is 56.0 Å². The maximum Gasteiger partial charge on any atom is 0.0672 e. The van der Waals surface area contributed by atoms with E-state index in [2.05, 4.69) is 18.3 Å². The third-order valence-corrected chi connectivity index (χ3v) is 4.71. The lowest BCUT2D eigenvalue weighted by Crippen LogP contribution is -2.55. The van der Waals surface area contributed by atoms with Crippen LogP contribution in [-0.4, -0.2) is 23.3 Å². The Balaban J connectivity index is 1.97. The Kier molecular flexibility index (Phi) is 4.06. The Bertz CT molecular complexity index is 289. The molecule has 0 saturated heterocycles. The molecule has 0 bridgehead atoms. The van der Waals surface area contributed by atoms with Gasteiger partial charge in [0.05, 0.1) is 18.6 Å². The molecule has 2 saturated carbocycles. The molecule has 0 aromatic carbocycles. The molecule has 17 heavy (non-hydrogen) atoms. The Morgan fingerprint density at radius 2 is 2.00 bits per heavy atom. The molecule has 3 heteroatoms. The molecule has 0 heterocycles. The molecule has 0 amide bonds. The van der Waals surface area contributed by atoms with Crippen LogP contribution in [0.4, 0.5) is 0 Å². The van der Waals surface area contributed by atoms with Gasteiger partial charge in [-0.25, -0.2) is 0 Å². The van der Waals surface area contributed by atoms with Crippen molar-refractivity contribution in [2.24, 2.45) is 11.8 Å². The third kappa shape index (κ3) is 2.81. The second kappa shape index (κ2) is 5.37. The summed E-state index contributed by atoms with van der Waals surface area (Å²) in [6, 6.07) is 2.72. The van der Waals surface area contributed by atoms with E-state index in [4.69, 9.17) is 5.26 Å².